The average molecular weight is 218 g/mol. The molecule has 3 aromatic rings. The van der Waals surface area contributed by atoms with E-state index >= 15 is 0 Å². The van der Waals surface area contributed by atoms with Crippen molar-refractivity contribution >= 4 is 33.4 Å². The summed E-state index contributed by atoms with van der Waals surface area (Å²) in [4.78, 5) is 0. The van der Waals surface area contributed by atoms with Crippen molar-refractivity contribution < 1.29 is 0 Å². The number of hydrogen-bond donors (Lipinski definition) is 0. The summed E-state index contributed by atoms with van der Waals surface area (Å²) >= 11 is 6.04. The van der Waals surface area contributed by atoms with Gasteiger partial charge in [-0.25, -0.2) is 0 Å². The van der Waals surface area contributed by atoms with Gasteiger partial charge in [-0.1, -0.05) is 29.8 Å². The molecule has 0 fully saturated rings. The molecule has 0 aliphatic carbocycles. The number of halogens is 1. The third-order valence-electron chi connectivity index (χ3n) is 2.67. The Labute approximate surface area is 91.3 Å². The molecule has 0 saturated carbocycles. The maximum atomic E-state index is 6.04. The summed E-state index contributed by atoms with van der Waals surface area (Å²) in [6, 6.07) is 8.15. The number of benzene rings is 1. The Morgan fingerprint density at radius 3 is 2.87 bits per heavy atom. The molecule has 15 heavy (non-hydrogen) atoms. The molecule has 0 bridgehead atoms. The van der Waals surface area contributed by atoms with Crippen molar-refractivity contribution in [2.75, 3.05) is 0 Å². The van der Waals surface area contributed by atoms with Crippen LogP contribution in [0.25, 0.3) is 21.8 Å². The summed E-state index contributed by atoms with van der Waals surface area (Å²) in [7, 11) is 1.98. The molecule has 0 spiro atoms. The zero-order valence-electron chi connectivity index (χ0n) is 8.11. The third kappa shape index (κ3) is 1.07. The maximum Gasteiger partial charge on any atom is 0.175 e. The molecule has 0 saturated heterocycles. The highest BCUT2D eigenvalue weighted by Crippen LogP contribution is 2.30. The van der Waals surface area contributed by atoms with E-state index in [1.807, 2.05) is 23.7 Å². The number of aromatic nitrogens is 3. The molecule has 1 aromatic carbocycles. The van der Waals surface area contributed by atoms with Crippen LogP contribution in [0.15, 0.2) is 30.5 Å². The second-order valence-electron chi connectivity index (χ2n) is 3.47. The fraction of sp³-hybridized carbons (Fsp3) is 0.0909. The van der Waals surface area contributed by atoms with Gasteiger partial charge in [0, 0.05) is 23.3 Å². The smallest absolute Gasteiger partial charge is 0.175 e. The van der Waals surface area contributed by atoms with E-state index in [2.05, 4.69) is 22.3 Å². The minimum atomic E-state index is 0.450. The summed E-state index contributed by atoms with van der Waals surface area (Å²) in [5, 5.41) is 10.4. The molecule has 3 nitrogen and oxygen atoms in total. The number of para-hydroxylation sites is 1. The SMILES string of the molecule is Cn1c2ccccc2c2cnnc(Cl)c21. The van der Waals surface area contributed by atoms with Crippen molar-refractivity contribution in [1.82, 2.24) is 14.8 Å². The molecular formula is C11H8ClN3. The van der Waals surface area contributed by atoms with Crippen LogP contribution in [0.2, 0.25) is 5.15 Å². The summed E-state index contributed by atoms with van der Waals surface area (Å²) in [6.07, 6.45) is 1.75. The molecule has 0 radical (unpaired) electrons. The highest BCUT2D eigenvalue weighted by atomic mass is 35.5. The van der Waals surface area contributed by atoms with Crippen molar-refractivity contribution in [3.05, 3.63) is 35.6 Å². The number of aryl methyl sites for hydroxylation is 1. The third-order valence-corrected chi connectivity index (χ3v) is 2.93. The predicted molar refractivity (Wildman–Crippen MR) is 61.0 cm³/mol. The van der Waals surface area contributed by atoms with Crippen LogP contribution < -0.4 is 0 Å². The molecule has 0 atom stereocenters. The quantitative estimate of drug-likeness (QED) is 0.580. The number of rotatable bonds is 0. The Bertz CT molecular complexity index is 657. The zero-order chi connectivity index (χ0) is 10.4. The van der Waals surface area contributed by atoms with Gasteiger partial charge in [0.1, 0.15) is 0 Å². The summed E-state index contributed by atoms with van der Waals surface area (Å²) < 4.78 is 2.04. The van der Waals surface area contributed by atoms with E-state index in [0.717, 1.165) is 21.8 Å². The van der Waals surface area contributed by atoms with Gasteiger partial charge in [0.2, 0.25) is 0 Å². The fourth-order valence-electron chi connectivity index (χ4n) is 1.99. The van der Waals surface area contributed by atoms with Crippen LogP contribution in [0.4, 0.5) is 0 Å². The molecule has 0 N–H and O–H groups in total. The van der Waals surface area contributed by atoms with Gasteiger partial charge < -0.3 is 4.57 Å². The molecular weight excluding hydrogens is 210 g/mol. The van der Waals surface area contributed by atoms with Crippen LogP contribution in [0, 0.1) is 0 Å². The van der Waals surface area contributed by atoms with Gasteiger partial charge in [-0.3, -0.25) is 0 Å². The lowest BCUT2D eigenvalue weighted by Crippen LogP contribution is -1.89. The van der Waals surface area contributed by atoms with E-state index in [-0.39, 0.29) is 0 Å². The minimum absolute atomic E-state index is 0.450. The van der Waals surface area contributed by atoms with E-state index in [0.29, 0.717) is 5.15 Å². The van der Waals surface area contributed by atoms with Gasteiger partial charge in [-0.15, -0.1) is 5.10 Å². The lowest BCUT2D eigenvalue weighted by molar-refractivity contribution is 0.985. The Balaban J connectivity index is 2.69. The first-order valence-corrected chi connectivity index (χ1v) is 5.01. The molecule has 74 valence electrons. The average Bonchev–Trinajstić information content (AvgIpc) is 2.55. The normalized spacial score (nSPS) is 11.3. The van der Waals surface area contributed by atoms with Crippen molar-refractivity contribution in [2.24, 2.45) is 7.05 Å². The van der Waals surface area contributed by atoms with E-state index in [1.54, 1.807) is 6.20 Å². The van der Waals surface area contributed by atoms with Crippen molar-refractivity contribution in [3.63, 3.8) is 0 Å². The van der Waals surface area contributed by atoms with Crippen molar-refractivity contribution in [1.29, 1.82) is 0 Å². The standard InChI is InChI=1S/C11H8ClN3/c1-15-9-5-3-2-4-7(9)8-6-13-14-11(12)10(8)15/h2-6H,1H3. The summed E-state index contributed by atoms with van der Waals surface area (Å²) in [6.45, 7) is 0. The van der Waals surface area contributed by atoms with Crippen LogP contribution in [-0.2, 0) is 7.05 Å². The Morgan fingerprint density at radius 2 is 2.00 bits per heavy atom. The topological polar surface area (TPSA) is 30.7 Å². The van der Waals surface area contributed by atoms with Crippen LogP contribution >= 0.6 is 11.6 Å². The fourth-order valence-corrected chi connectivity index (χ4v) is 2.26. The lowest BCUT2D eigenvalue weighted by atomic mass is 10.2. The van der Waals surface area contributed by atoms with Crippen molar-refractivity contribution in [2.45, 2.75) is 0 Å². The monoisotopic (exact) mass is 217 g/mol. The number of fused-ring (bicyclic) bond motifs is 3. The van der Waals surface area contributed by atoms with E-state index in [1.165, 1.54) is 0 Å². The molecule has 2 aromatic heterocycles. The number of nitrogens with zero attached hydrogens (tertiary/aromatic N) is 3. The highest BCUT2D eigenvalue weighted by Gasteiger charge is 2.10. The van der Waals surface area contributed by atoms with Gasteiger partial charge >= 0.3 is 0 Å². The Kier molecular flexibility index (Phi) is 1.70. The lowest BCUT2D eigenvalue weighted by Gasteiger charge is -1.97. The molecule has 3 rings (SSSR count). The first-order chi connectivity index (χ1) is 7.29. The van der Waals surface area contributed by atoms with Gasteiger partial charge in [0.05, 0.1) is 11.7 Å². The molecule has 0 aliphatic rings. The van der Waals surface area contributed by atoms with Crippen LogP contribution in [-0.4, -0.2) is 14.8 Å². The van der Waals surface area contributed by atoms with Crippen LogP contribution in [0.5, 0.6) is 0 Å². The predicted octanol–water partition coefficient (Wildman–Crippen LogP) is 2.77. The summed E-state index contributed by atoms with van der Waals surface area (Å²) in [5.41, 5.74) is 2.08. The highest BCUT2D eigenvalue weighted by molar-refractivity contribution is 6.35. The van der Waals surface area contributed by atoms with E-state index in [4.69, 9.17) is 11.6 Å². The Hall–Kier alpha value is -1.61. The Morgan fingerprint density at radius 1 is 1.20 bits per heavy atom. The number of hydrogen-bond acceptors (Lipinski definition) is 2. The first kappa shape index (κ1) is 8.68. The zero-order valence-corrected chi connectivity index (χ0v) is 8.86. The second kappa shape index (κ2) is 2.94. The first-order valence-electron chi connectivity index (χ1n) is 4.63. The minimum Gasteiger partial charge on any atom is -0.341 e. The second-order valence-corrected chi connectivity index (χ2v) is 3.83. The van der Waals surface area contributed by atoms with Gasteiger partial charge in [-0.05, 0) is 6.07 Å². The maximum absolute atomic E-state index is 6.04. The van der Waals surface area contributed by atoms with Gasteiger partial charge in [0.25, 0.3) is 0 Å². The molecule has 4 heteroatoms. The molecule has 2 heterocycles. The molecule has 0 amide bonds. The van der Waals surface area contributed by atoms with E-state index < -0.39 is 0 Å². The molecule has 0 aliphatic heterocycles. The van der Waals surface area contributed by atoms with E-state index in [9.17, 15) is 0 Å². The summed E-state index contributed by atoms with van der Waals surface area (Å²) in [5.74, 6) is 0. The largest absolute Gasteiger partial charge is 0.341 e. The van der Waals surface area contributed by atoms with Gasteiger partial charge in [0.15, 0.2) is 5.15 Å². The van der Waals surface area contributed by atoms with Crippen molar-refractivity contribution in [3.8, 4) is 0 Å². The van der Waals surface area contributed by atoms with Crippen LogP contribution in [0.1, 0.15) is 0 Å². The van der Waals surface area contributed by atoms with Gasteiger partial charge in [-0.2, -0.15) is 5.10 Å². The van der Waals surface area contributed by atoms with Crippen LogP contribution in [0.3, 0.4) is 0 Å². The molecule has 0 unspecified atom stereocenters.